The highest BCUT2D eigenvalue weighted by atomic mass is 35.5. The van der Waals surface area contributed by atoms with Crippen LogP contribution in [0.1, 0.15) is 17.3 Å². The lowest BCUT2D eigenvalue weighted by Crippen LogP contribution is -2.38. The number of nitrogens with zero attached hydrogens (tertiary/aromatic N) is 1. The molecule has 1 amide bonds. The van der Waals surface area contributed by atoms with Crippen molar-refractivity contribution in [1.29, 1.82) is 0 Å². The largest absolute Gasteiger partial charge is 0.482 e. The van der Waals surface area contributed by atoms with Crippen LogP contribution in [-0.2, 0) is 4.79 Å². The Morgan fingerprint density at radius 3 is 2.94 bits per heavy atom. The highest BCUT2D eigenvalue weighted by molar-refractivity contribution is 6.30. The fourth-order valence-electron chi connectivity index (χ4n) is 1.80. The molecule has 0 atom stereocenters. The molecule has 5 heteroatoms. The Labute approximate surface area is 104 Å². The summed E-state index contributed by atoms with van der Waals surface area (Å²) in [5.41, 5.74) is 1.13. The third-order valence-electron chi connectivity index (χ3n) is 2.66. The molecule has 0 saturated heterocycles. The molecule has 1 aromatic carbocycles. The van der Waals surface area contributed by atoms with Crippen molar-refractivity contribution in [1.82, 2.24) is 0 Å². The van der Waals surface area contributed by atoms with Crippen molar-refractivity contribution in [3.8, 4) is 5.75 Å². The molecule has 0 aromatic heterocycles. The van der Waals surface area contributed by atoms with E-state index in [1.807, 2.05) is 6.92 Å². The van der Waals surface area contributed by atoms with E-state index in [1.165, 1.54) is 0 Å². The molecule has 1 aromatic rings. The number of rotatable bonds is 3. The number of ketones is 1. The van der Waals surface area contributed by atoms with Crippen LogP contribution in [0.4, 0.5) is 5.69 Å². The molecule has 0 N–H and O–H groups in total. The fourth-order valence-corrected chi connectivity index (χ4v) is 1.95. The maximum Gasteiger partial charge on any atom is 0.265 e. The van der Waals surface area contributed by atoms with Crippen LogP contribution >= 0.6 is 11.6 Å². The van der Waals surface area contributed by atoms with Gasteiger partial charge in [0.1, 0.15) is 5.75 Å². The summed E-state index contributed by atoms with van der Waals surface area (Å²) in [7, 11) is 0. The van der Waals surface area contributed by atoms with E-state index in [1.54, 1.807) is 23.1 Å². The molecule has 90 valence electrons. The van der Waals surface area contributed by atoms with Crippen molar-refractivity contribution in [3.05, 3.63) is 23.8 Å². The van der Waals surface area contributed by atoms with Gasteiger partial charge in [-0.1, -0.05) is 0 Å². The topological polar surface area (TPSA) is 46.6 Å². The average Bonchev–Trinajstić information content (AvgIpc) is 2.37. The van der Waals surface area contributed by atoms with Crippen molar-refractivity contribution < 1.29 is 14.3 Å². The van der Waals surface area contributed by atoms with E-state index in [0.29, 0.717) is 23.5 Å². The molecule has 0 radical (unpaired) electrons. The smallest absolute Gasteiger partial charge is 0.265 e. The highest BCUT2D eigenvalue weighted by Gasteiger charge is 2.24. The zero-order valence-corrected chi connectivity index (χ0v) is 10.2. The maximum absolute atomic E-state index is 11.6. The summed E-state index contributed by atoms with van der Waals surface area (Å²) >= 11 is 5.51. The van der Waals surface area contributed by atoms with Crippen LogP contribution in [0.5, 0.6) is 5.75 Å². The van der Waals surface area contributed by atoms with E-state index < -0.39 is 0 Å². The lowest BCUT2D eigenvalue weighted by molar-refractivity contribution is -0.121. The second-order valence-electron chi connectivity index (χ2n) is 3.67. The lowest BCUT2D eigenvalue weighted by atomic mass is 10.1. The minimum Gasteiger partial charge on any atom is -0.482 e. The Kier molecular flexibility index (Phi) is 3.33. The SMILES string of the molecule is CCN1C(=O)COc2ccc(C(=O)CCl)cc21. The standard InChI is InChI=1S/C12H12ClNO3/c1-2-14-9-5-8(10(15)6-13)3-4-11(9)17-7-12(14)16/h3-5H,2,6-7H2,1H3. The van der Waals surface area contributed by atoms with E-state index in [-0.39, 0.29) is 24.2 Å². The number of fused-ring (bicyclic) bond motifs is 1. The number of hydrogen-bond acceptors (Lipinski definition) is 3. The Morgan fingerprint density at radius 1 is 1.53 bits per heavy atom. The minimum absolute atomic E-state index is 0.0453. The van der Waals surface area contributed by atoms with Gasteiger partial charge >= 0.3 is 0 Å². The van der Waals surface area contributed by atoms with Crippen LogP contribution in [0.15, 0.2) is 18.2 Å². The second-order valence-corrected chi connectivity index (χ2v) is 3.93. The highest BCUT2D eigenvalue weighted by Crippen LogP contribution is 2.32. The number of likely N-dealkylation sites (N-methyl/N-ethyl adjacent to an activating group) is 1. The fraction of sp³-hybridized carbons (Fsp3) is 0.333. The Bertz CT molecular complexity index is 473. The molecule has 1 aliphatic heterocycles. The van der Waals surface area contributed by atoms with Crippen molar-refractivity contribution in [2.45, 2.75) is 6.92 Å². The van der Waals surface area contributed by atoms with E-state index in [0.717, 1.165) is 0 Å². The van der Waals surface area contributed by atoms with Crippen LogP contribution in [0, 0.1) is 0 Å². The second kappa shape index (κ2) is 4.75. The van der Waals surface area contributed by atoms with Gasteiger partial charge in [-0.25, -0.2) is 0 Å². The molecule has 1 heterocycles. The molecule has 4 nitrogen and oxygen atoms in total. The maximum atomic E-state index is 11.6. The molecule has 0 fully saturated rings. The predicted molar refractivity (Wildman–Crippen MR) is 65.0 cm³/mol. The summed E-state index contributed by atoms with van der Waals surface area (Å²) in [6.07, 6.45) is 0. The van der Waals surface area contributed by atoms with Crippen LogP contribution in [-0.4, -0.2) is 30.7 Å². The summed E-state index contributed by atoms with van der Waals surface area (Å²) in [6.45, 7) is 2.47. The van der Waals surface area contributed by atoms with Gasteiger partial charge in [0.25, 0.3) is 5.91 Å². The summed E-state index contributed by atoms with van der Waals surface area (Å²) in [5.74, 6) is 0.288. The molecule has 1 aliphatic rings. The summed E-state index contributed by atoms with van der Waals surface area (Å²) in [5, 5.41) is 0. The summed E-state index contributed by atoms with van der Waals surface area (Å²) in [6, 6.07) is 5.01. The number of benzene rings is 1. The first kappa shape index (κ1) is 11.9. The number of amides is 1. The number of alkyl halides is 1. The minimum atomic E-state index is -0.163. The van der Waals surface area contributed by atoms with Crippen molar-refractivity contribution in [3.63, 3.8) is 0 Å². The van der Waals surface area contributed by atoms with Crippen LogP contribution < -0.4 is 9.64 Å². The van der Waals surface area contributed by atoms with E-state index in [4.69, 9.17) is 16.3 Å². The first-order valence-electron chi connectivity index (χ1n) is 5.33. The van der Waals surface area contributed by atoms with E-state index in [2.05, 4.69) is 0 Å². The molecule has 0 aliphatic carbocycles. The first-order chi connectivity index (χ1) is 8.17. The van der Waals surface area contributed by atoms with Gasteiger partial charge in [0, 0.05) is 12.1 Å². The molecule has 0 unspecified atom stereocenters. The third kappa shape index (κ3) is 2.13. The number of ether oxygens (including phenoxy) is 1. The van der Waals surface area contributed by atoms with Gasteiger partial charge in [0.2, 0.25) is 0 Å². The van der Waals surface area contributed by atoms with Gasteiger partial charge in [-0.3, -0.25) is 9.59 Å². The van der Waals surface area contributed by atoms with Crippen molar-refractivity contribution >= 4 is 29.0 Å². The Morgan fingerprint density at radius 2 is 2.29 bits per heavy atom. The quantitative estimate of drug-likeness (QED) is 0.610. The average molecular weight is 254 g/mol. The van der Waals surface area contributed by atoms with Crippen molar-refractivity contribution in [2.24, 2.45) is 0 Å². The number of carbonyl (C=O) groups excluding carboxylic acids is 2. The monoisotopic (exact) mass is 253 g/mol. The molecular formula is C12H12ClNO3. The number of Topliss-reactive ketones (excluding diaryl/α,β-unsaturated/α-hetero) is 1. The molecule has 0 spiro atoms. The zero-order chi connectivity index (χ0) is 12.4. The number of halogens is 1. The number of carbonyl (C=O) groups is 2. The van der Waals surface area contributed by atoms with Gasteiger partial charge in [0.15, 0.2) is 12.4 Å². The summed E-state index contributed by atoms with van der Waals surface area (Å²) < 4.78 is 5.30. The molecular weight excluding hydrogens is 242 g/mol. The molecule has 0 saturated carbocycles. The third-order valence-corrected chi connectivity index (χ3v) is 2.90. The molecule has 17 heavy (non-hydrogen) atoms. The van der Waals surface area contributed by atoms with Gasteiger partial charge in [0.05, 0.1) is 11.6 Å². The Balaban J connectivity index is 2.45. The van der Waals surface area contributed by atoms with Gasteiger partial charge in [-0.2, -0.15) is 0 Å². The molecule has 2 rings (SSSR count). The van der Waals surface area contributed by atoms with E-state index in [9.17, 15) is 9.59 Å². The summed E-state index contributed by atoms with van der Waals surface area (Å²) in [4.78, 5) is 24.7. The zero-order valence-electron chi connectivity index (χ0n) is 9.40. The first-order valence-corrected chi connectivity index (χ1v) is 5.87. The number of anilines is 1. The van der Waals surface area contributed by atoms with Crippen LogP contribution in [0.25, 0.3) is 0 Å². The van der Waals surface area contributed by atoms with Crippen molar-refractivity contribution in [2.75, 3.05) is 23.9 Å². The lowest BCUT2D eigenvalue weighted by Gasteiger charge is -2.28. The predicted octanol–water partition coefficient (Wildman–Crippen LogP) is 1.85. The normalized spacial score (nSPS) is 14.2. The van der Waals surface area contributed by atoms with Gasteiger partial charge in [-0.15, -0.1) is 11.6 Å². The Hall–Kier alpha value is -1.55. The van der Waals surface area contributed by atoms with Gasteiger partial charge in [-0.05, 0) is 25.1 Å². The number of hydrogen-bond donors (Lipinski definition) is 0. The van der Waals surface area contributed by atoms with Crippen LogP contribution in [0.2, 0.25) is 0 Å². The van der Waals surface area contributed by atoms with Crippen LogP contribution in [0.3, 0.4) is 0 Å². The molecule has 0 bridgehead atoms. The van der Waals surface area contributed by atoms with E-state index >= 15 is 0 Å². The van der Waals surface area contributed by atoms with Gasteiger partial charge < -0.3 is 9.64 Å².